The van der Waals surface area contributed by atoms with Crippen molar-refractivity contribution in [2.75, 3.05) is 11.6 Å². The molecule has 5 nitrogen and oxygen atoms in total. The number of anilines is 1. The molecule has 0 aliphatic rings. The van der Waals surface area contributed by atoms with E-state index in [4.69, 9.17) is 11.6 Å². The molecule has 1 heterocycles. The Balaban J connectivity index is 1.73. The van der Waals surface area contributed by atoms with Gasteiger partial charge >= 0.3 is 0 Å². The Kier molecular flexibility index (Phi) is 6.82. The molecule has 0 unspecified atom stereocenters. The number of carbonyl (C=O) groups is 1. The molecule has 3 aromatic carbocycles. The van der Waals surface area contributed by atoms with Crippen molar-refractivity contribution in [2.45, 2.75) is 18.2 Å². The summed E-state index contributed by atoms with van der Waals surface area (Å²) >= 11 is 6.36. The number of nitrogens with zero attached hydrogens (tertiary/aromatic N) is 1. The predicted molar refractivity (Wildman–Crippen MR) is 137 cm³/mol. The van der Waals surface area contributed by atoms with Crippen LogP contribution in [0.25, 0.3) is 22.4 Å². The van der Waals surface area contributed by atoms with Gasteiger partial charge in [0.1, 0.15) is 0 Å². The second-order valence-electron chi connectivity index (χ2n) is 7.89. The molecule has 0 aliphatic heterocycles. The molecule has 1 amide bonds. The third kappa shape index (κ3) is 5.19. The van der Waals surface area contributed by atoms with Gasteiger partial charge in [0.15, 0.2) is 9.84 Å². The number of sulfone groups is 1. The molecule has 0 saturated heterocycles. The molecular formula is C27H23ClN2O3S. The maximum absolute atomic E-state index is 13.3. The van der Waals surface area contributed by atoms with Gasteiger partial charge in [-0.1, -0.05) is 48.9 Å². The van der Waals surface area contributed by atoms with Crippen molar-refractivity contribution >= 4 is 33.0 Å². The Labute approximate surface area is 204 Å². The van der Waals surface area contributed by atoms with E-state index < -0.39 is 9.84 Å². The van der Waals surface area contributed by atoms with Gasteiger partial charge in [0.05, 0.1) is 15.6 Å². The maximum atomic E-state index is 13.3. The lowest BCUT2D eigenvalue weighted by Gasteiger charge is -2.14. The molecule has 0 atom stereocenters. The third-order valence-corrected chi connectivity index (χ3v) is 6.94. The summed E-state index contributed by atoms with van der Waals surface area (Å²) in [6, 6.07) is 23.0. The van der Waals surface area contributed by atoms with Gasteiger partial charge in [0.2, 0.25) is 0 Å². The lowest BCUT2D eigenvalue weighted by Crippen LogP contribution is -2.14. The molecule has 4 rings (SSSR count). The summed E-state index contributed by atoms with van der Waals surface area (Å²) in [6.07, 6.45) is 3.71. The van der Waals surface area contributed by atoms with Gasteiger partial charge in [-0.15, -0.1) is 0 Å². The van der Waals surface area contributed by atoms with Crippen LogP contribution >= 0.6 is 11.6 Å². The zero-order valence-corrected chi connectivity index (χ0v) is 20.3. The molecule has 4 aromatic rings. The monoisotopic (exact) mass is 490 g/mol. The van der Waals surface area contributed by atoms with Gasteiger partial charge in [-0.25, -0.2) is 8.42 Å². The first kappa shape index (κ1) is 23.7. The number of rotatable bonds is 6. The number of hydrogen-bond donors (Lipinski definition) is 1. The number of aromatic nitrogens is 1. The average Bonchev–Trinajstić information content (AvgIpc) is 2.85. The number of carbonyl (C=O) groups excluding carboxylic acids is 1. The molecule has 34 heavy (non-hydrogen) atoms. The molecule has 0 aliphatic carbocycles. The summed E-state index contributed by atoms with van der Waals surface area (Å²) in [7, 11) is -3.44. The van der Waals surface area contributed by atoms with E-state index >= 15 is 0 Å². The molecule has 1 aromatic heterocycles. The molecule has 0 fully saturated rings. The molecule has 172 valence electrons. The third-order valence-electron chi connectivity index (χ3n) is 5.50. The minimum absolute atomic E-state index is 0.155. The zero-order valence-electron chi connectivity index (χ0n) is 18.7. The lowest BCUT2D eigenvalue weighted by molar-refractivity contribution is 0.102. The average molecular weight is 491 g/mol. The number of pyridine rings is 1. The first-order chi connectivity index (χ1) is 16.3. The normalized spacial score (nSPS) is 11.3. The standard InChI is InChI=1S/C27H23ClN2O3S/c1-3-18-7-9-19(10-8-18)23-17-21(34(2,32)33)12-13-22(23)27(31)30-20-11-14-25(28)24(16-20)26-6-4-5-15-29-26/h4-17H,3H2,1-2H3,(H,30,31). The summed E-state index contributed by atoms with van der Waals surface area (Å²) in [5, 5.41) is 3.43. The van der Waals surface area contributed by atoms with Crippen LogP contribution < -0.4 is 5.32 Å². The zero-order chi connectivity index (χ0) is 24.3. The first-order valence-corrected chi connectivity index (χ1v) is 13.0. The van der Waals surface area contributed by atoms with E-state index in [1.165, 1.54) is 6.07 Å². The van der Waals surface area contributed by atoms with Crippen molar-refractivity contribution in [3.8, 4) is 22.4 Å². The predicted octanol–water partition coefficient (Wildman–Crippen LogP) is 6.29. The number of benzene rings is 3. The summed E-state index contributed by atoms with van der Waals surface area (Å²) in [4.78, 5) is 17.8. The van der Waals surface area contributed by atoms with E-state index in [1.54, 1.807) is 36.5 Å². The minimum atomic E-state index is -3.44. The maximum Gasteiger partial charge on any atom is 0.256 e. The van der Waals surface area contributed by atoms with Crippen LogP contribution in [-0.2, 0) is 16.3 Å². The van der Waals surface area contributed by atoms with Crippen LogP contribution in [0.5, 0.6) is 0 Å². The fourth-order valence-electron chi connectivity index (χ4n) is 3.63. The van der Waals surface area contributed by atoms with Gasteiger partial charge in [-0.3, -0.25) is 9.78 Å². The van der Waals surface area contributed by atoms with E-state index in [-0.39, 0.29) is 10.8 Å². The number of amides is 1. The van der Waals surface area contributed by atoms with Gasteiger partial charge in [0, 0.05) is 29.3 Å². The van der Waals surface area contributed by atoms with Crippen LogP contribution in [0.2, 0.25) is 5.02 Å². The number of hydrogen-bond acceptors (Lipinski definition) is 4. The van der Waals surface area contributed by atoms with Gasteiger partial charge in [0.25, 0.3) is 5.91 Å². The van der Waals surface area contributed by atoms with Gasteiger partial charge in [-0.2, -0.15) is 0 Å². The van der Waals surface area contributed by atoms with Crippen molar-refractivity contribution < 1.29 is 13.2 Å². The van der Waals surface area contributed by atoms with E-state index in [9.17, 15) is 13.2 Å². The highest BCUT2D eigenvalue weighted by Gasteiger charge is 2.18. The molecule has 0 spiro atoms. The molecule has 0 radical (unpaired) electrons. The highest BCUT2D eigenvalue weighted by molar-refractivity contribution is 7.90. The summed E-state index contributed by atoms with van der Waals surface area (Å²) in [5.74, 6) is -0.357. The van der Waals surface area contributed by atoms with E-state index in [2.05, 4.69) is 17.2 Å². The van der Waals surface area contributed by atoms with Crippen molar-refractivity contribution in [1.29, 1.82) is 0 Å². The van der Waals surface area contributed by atoms with E-state index in [0.717, 1.165) is 23.8 Å². The largest absolute Gasteiger partial charge is 0.322 e. The topological polar surface area (TPSA) is 76.1 Å². The second-order valence-corrected chi connectivity index (χ2v) is 10.3. The van der Waals surface area contributed by atoms with Gasteiger partial charge in [-0.05, 0) is 71.6 Å². The van der Waals surface area contributed by atoms with Crippen LogP contribution in [0.3, 0.4) is 0 Å². The van der Waals surface area contributed by atoms with E-state index in [1.807, 2.05) is 42.5 Å². The van der Waals surface area contributed by atoms with Crippen LogP contribution in [0.1, 0.15) is 22.8 Å². The summed E-state index contributed by atoms with van der Waals surface area (Å²) in [6.45, 7) is 2.06. The highest BCUT2D eigenvalue weighted by atomic mass is 35.5. The number of nitrogens with one attached hydrogen (secondary N) is 1. The fraction of sp³-hybridized carbons (Fsp3) is 0.111. The van der Waals surface area contributed by atoms with Crippen molar-refractivity contribution in [1.82, 2.24) is 4.98 Å². The minimum Gasteiger partial charge on any atom is -0.322 e. The summed E-state index contributed by atoms with van der Waals surface area (Å²) < 4.78 is 24.3. The van der Waals surface area contributed by atoms with Crippen molar-refractivity contribution in [3.05, 3.63) is 101 Å². The van der Waals surface area contributed by atoms with Crippen molar-refractivity contribution in [3.63, 3.8) is 0 Å². The number of halogens is 1. The number of aryl methyl sites for hydroxylation is 1. The molecule has 7 heteroatoms. The van der Waals surface area contributed by atoms with Crippen molar-refractivity contribution in [2.24, 2.45) is 0 Å². The molecular weight excluding hydrogens is 468 g/mol. The second kappa shape index (κ2) is 9.79. The first-order valence-electron chi connectivity index (χ1n) is 10.7. The Morgan fingerprint density at radius 3 is 2.35 bits per heavy atom. The summed E-state index contributed by atoms with van der Waals surface area (Å²) in [5.41, 5.74) is 4.76. The van der Waals surface area contributed by atoms with Gasteiger partial charge < -0.3 is 5.32 Å². The quantitative estimate of drug-likeness (QED) is 0.344. The fourth-order valence-corrected chi connectivity index (χ4v) is 4.49. The SMILES string of the molecule is CCc1ccc(-c2cc(S(C)(=O)=O)ccc2C(=O)Nc2ccc(Cl)c(-c3ccccn3)c2)cc1. The van der Waals surface area contributed by atoms with Crippen LogP contribution in [0, 0.1) is 0 Å². The lowest BCUT2D eigenvalue weighted by atomic mass is 9.97. The van der Waals surface area contributed by atoms with Crippen LogP contribution in [0.4, 0.5) is 5.69 Å². The van der Waals surface area contributed by atoms with Crippen LogP contribution in [-0.4, -0.2) is 25.6 Å². The molecule has 1 N–H and O–H groups in total. The Morgan fingerprint density at radius 2 is 1.71 bits per heavy atom. The molecule has 0 saturated carbocycles. The molecule has 0 bridgehead atoms. The van der Waals surface area contributed by atoms with Crippen LogP contribution in [0.15, 0.2) is 90.0 Å². The van der Waals surface area contributed by atoms with E-state index in [0.29, 0.717) is 33.1 Å². The Hall–Kier alpha value is -3.48. The highest BCUT2D eigenvalue weighted by Crippen LogP contribution is 2.31. The smallest absolute Gasteiger partial charge is 0.256 e. The Bertz CT molecular complexity index is 1450. The Morgan fingerprint density at radius 1 is 0.941 bits per heavy atom.